The van der Waals surface area contributed by atoms with E-state index in [4.69, 9.17) is 9.15 Å². The number of furan rings is 1. The van der Waals surface area contributed by atoms with Crippen molar-refractivity contribution in [1.82, 2.24) is 15.1 Å². The topological polar surface area (TPSA) is 75.0 Å². The van der Waals surface area contributed by atoms with E-state index in [9.17, 15) is 9.59 Å². The van der Waals surface area contributed by atoms with Crippen molar-refractivity contribution in [2.24, 2.45) is 0 Å². The molecule has 7 nitrogen and oxygen atoms in total. The molecule has 0 atom stereocenters. The summed E-state index contributed by atoms with van der Waals surface area (Å²) in [5, 5.41) is 3.03. The number of piperazine rings is 1. The van der Waals surface area contributed by atoms with Crippen LogP contribution in [0.25, 0.3) is 0 Å². The molecule has 0 saturated carbocycles. The molecule has 1 aromatic heterocycles. The lowest BCUT2D eigenvalue weighted by molar-refractivity contribution is -0.131. The van der Waals surface area contributed by atoms with E-state index in [1.54, 1.807) is 29.0 Å². The highest BCUT2D eigenvalue weighted by atomic mass is 16.5. The first-order valence-electron chi connectivity index (χ1n) is 7.02. The summed E-state index contributed by atoms with van der Waals surface area (Å²) >= 11 is 0. The van der Waals surface area contributed by atoms with Crippen LogP contribution in [0.15, 0.2) is 22.8 Å². The Balaban J connectivity index is 1.72. The molecule has 21 heavy (non-hydrogen) atoms. The van der Waals surface area contributed by atoms with Crippen molar-refractivity contribution in [3.05, 3.63) is 24.2 Å². The van der Waals surface area contributed by atoms with Gasteiger partial charge in [-0.3, -0.25) is 9.59 Å². The van der Waals surface area contributed by atoms with E-state index >= 15 is 0 Å². The number of nitrogens with one attached hydrogen (secondary N) is 1. The monoisotopic (exact) mass is 295 g/mol. The summed E-state index contributed by atoms with van der Waals surface area (Å²) in [6, 6.07) is 3.35. The number of carbonyl (C=O) groups is 2. The highest BCUT2D eigenvalue weighted by Crippen LogP contribution is 2.09. The van der Waals surface area contributed by atoms with Gasteiger partial charge in [0.2, 0.25) is 5.91 Å². The zero-order chi connectivity index (χ0) is 15.1. The predicted molar refractivity (Wildman–Crippen MR) is 75.9 cm³/mol. The van der Waals surface area contributed by atoms with Crippen molar-refractivity contribution in [1.29, 1.82) is 0 Å². The molecule has 2 rings (SSSR count). The molecular formula is C14H21N3O4. The summed E-state index contributed by atoms with van der Waals surface area (Å²) in [5.74, 6) is 0.275. The molecule has 1 aliphatic rings. The smallest absolute Gasteiger partial charge is 0.289 e. The van der Waals surface area contributed by atoms with E-state index in [-0.39, 0.29) is 11.8 Å². The van der Waals surface area contributed by atoms with Gasteiger partial charge in [0, 0.05) is 39.8 Å². The minimum Gasteiger partial charge on any atom is -0.459 e. The van der Waals surface area contributed by atoms with Crippen LogP contribution in [0.5, 0.6) is 0 Å². The van der Waals surface area contributed by atoms with E-state index in [0.29, 0.717) is 51.6 Å². The van der Waals surface area contributed by atoms with Crippen molar-refractivity contribution < 1.29 is 18.7 Å². The number of nitrogens with zero attached hydrogens (tertiary/aromatic N) is 2. The molecule has 1 fully saturated rings. The average molecular weight is 295 g/mol. The number of carbonyl (C=O) groups excluding carboxylic acids is 2. The van der Waals surface area contributed by atoms with E-state index in [0.717, 1.165) is 0 Å². The van der Waals surface area contributed by atoms with Gasteiger partial charge in [0.15, 0.2) is 5.76 Å². The number of methoxy groups -OCH3 is 1. The summed E-state index contributed by atoms with van der Waals surface area (Å²) in [7, 11) is 1.62. The lowest BCUT2D eigenvalue weighted by atomic mass is 10.2. The van der Waals surface area contributed by atoms with Crippen LogP contribution in [0, 0.1) is 0 Å². The van der Waals surface area contributed by atoms with Gasteiger partial charge >= 0.3 is 0 Å². The van der Waals surface area contributed by atoms with E-state index in [1.807, 2.05) is 0 Å². The first-order valence-corrected chi connectivity index (χ1v) is 7.02. The molecule has 2 amide bonds. The van der Waals surface area contributed by atoms with E-state index in [2.05, 4.69) is 5.32 Å². The second-order valence-corrected chi connectivity index (χ2v) is 4.82. The quantitative estimate of drug-likeness (QED) is 0.736. The van der Waals surface area contributed by atoms with Gasteiger partial charge in [-0.05, 0) is 12.1 Å². The maximum absolute atomic E-state index is 12.1. The molecule has 0 unspecified atom stereocenters. The lowest BCUT2D eigenvalue weighted by Gasteiger charge is -2.34. The largest absolute Gasteiger partial charge is 0.459 e. The molecule has 0 aromatic carbocycles. The van der Waals surface area contributed by atoms with Gasteiger partial charge in [-0.1, -0.05) is 0 Å². The second-order valence-electron chi connectivity index (χ2n) is 4.82. The predicted octanol–water partition coefficient (Wildman–Crippen LogP) is -0.200. The Kier molecular flexibility index (Phi) is 5.77. The summed E-state index contributed by atoms with van der Waals surface area (Å²) < 4.78 is 10.0. The third-order valence-corrected chi connectivity index (χ3v) is 3.41. The molecule has 7 heteroatoms. The van der Waals surface area contributed by atoms with Crippen LogP contribution in [-0.4, -0.2) is 74.6 Å². The molecule has 0 radical (unpaired) electrons. The molecule has 2 heterocycles. The molecule has 1 N–H and O–H groups in total. The van der Waals surface area contributed by atoms with Gasteiger partial charge in [0.1, 0.15) is 0 Å². The summed E-state index contributed by atoms with van der Waals surface area (Å²) in [5.41, 5.74) is 0. The Labute approximate surface area is 123 Å². The normalized spacial score (nSPS) is 15.3. The van der Waals surface area contributed by atoms with Crippen molar-refractivity contribution in [3.8, 4) is 0 Å². The average Bonchev–Trinajstić information content (AvgIpc) is 3.05. The minimum atomic E-state index is -0.120. The molecule has 1 saturated heterocycles. The summed E-state index contributed by atoms with van der Waals surface area (Å²) in [6.45, 7) is 3.70. The van der Waals surface area contributed by atoms with Gasteiger partial charge in [0.05, 0.1) is 19.4 Å². The summed E-state index contributed by atoms with van der Waals surface area (Å²) in [6.07, 6.45) is 1.48. The van der Waals surface area contributed by atoms with Crippen LogP contribution in [0.2, 0.25) is 0 Å². The Hall–Kier alpha value is -1.86. The van der Waals surface area contributed by atoms with Crippen LogP contribution in [-0.2, 0) is 9.53 Å². The second kappa shape index (κ2) is 7.80. The zero-order valence-electron chi connectivity index (χ0n) is 12.2. The fourth-order valence-electron chi connectivity index (χ4n) is 2.20. The van der Waals surface area contributed by atoms with Gasteiger partial charge < -0.3 is 24.3 Å². The van der Waals surface area contributed by atoms with Crippen LogP contribution in [0.4, 0.5) is 0 Å². The first kappa shape index (κ1) is 15.5. The van der Waals surface area contributed by atoms with Crippen LogP contribution in [0.3, 0.4) is 0 Å². The molecule has 1 aromatic rings. The highest BCUT2D eigenvalue weighted by molar-refractivity contribution is 5.91. The Bertz CT molecular complexity index is 453. The molecule has 0 bridgehead atoms. The molecule has 116 valence electrons. The van der Waals surface area contributed by atoms with Crippen LogP contribution >= 0.6 is 0 Å². The number of hydrogen-bond donors (Lipinski definition) is 1. The molecule has 0 spiro atoms. The summed E-state index contributed by atoms with van der Waals surface area (Å²) in [4.78, 5) is 27.5. The van der Waals surface area contributed by atoms with Gasteiger partial charge in [0.25, 0.3) is 5.91 Å². The molecule has 0 aliphatic carbocycles. The number of amides is 2. The number of rotatable bonds is 6. The van der Waals surface area contributed by atoms with Crippen molar-refractivity contribution in [2.45, 2.75) is 0 Å². The SMILES string of the molecule is COCCNCC(=O)N1CCN(C(=O)c2ccco2)CC1. The van der Waals surface area contributed by atoms with Crippen molar-refractivity contribution in [2.75, 3.05) is 53.0 Å². The van der Waals surface area contributed by atoms with Crippen molar-refractivity contribution >= 4 is 11.8 Å². The Morgan fingerprint density at radius 2 is 2.00 bits per heavy atom. The van der Waals surface area contributed by atoms with E-state index in [1.165, 1.54) is 6.26 Å². The van der Waals surface area contributed by atoms with E-state index < -0.39 is 0 Å². The number of ether oxygens (including phenoxy) is 1. The van der Waals surface area contributed by atoms with Crippen molar-refractivity contribution in [3.63, 3.8) is 0 Å². The first-order chi connectivity index (χ1) is 10.2. The zero-order valence-corrected chi connectivity index (χ0v) is 12.2. The minimum absolute atomic E-state index is 0.0520. The van der Waals surface area contributed by atoms with Gasteiger partial charge in [-0.2, -0.15) is 0 Å². The third-order valence-electron chi connectivity index (χ3n) is 3.41. The number of hydrogen-bond acceptors (Lipinski definition) is 5. The third kappa shape index (κ3) is 4.30. The lowest BCUT2D eigenvalue weighted by Crippen LogP contribution is -2.52. The molecular weight excluding hydrogens is 274 g/mol. The van der Waals surface area contributed by atoms with Crippen LogP contribution < -0.4 is 5.32 Å². The Morgan fingerprint density at radius 3 is 2.62 bits per heavy atom. The van der Waals surface area contributed by atoms with Gasteiger partial charge in [-0.25, -0.2) is 0 Å². The maximum atomic E-state index is 12.1. The maximum Gasteiger partial charge on any atom is 0.289 e. The van der Waals surface area contributed by atoms with Gasteiger partial charge in [-0.15, -0.1) is 0 Å². The fourth-order valence-corrected chi connectivity index (χ4v) is 2.20. The Morgan fingerprint density at radius 1 is 1.29 bits per heavy atom. The standard InChI is InChI=1S/C14H21N3O4/c1-20-10-4-15-11-13(18)16-5-7-17(8-6-16)14(19)12-3-2-9-21-12/h2-3,9,15H,4-8,10-11H2,1H3. The van der Waals surface area contributed by atoms with Crippen LogP contribution in [0.1, 0.15) is 10.6 Å². The fraction of sp³-hybridized carbons (Fsp3) is 0.571. The molecule has 1 aliphatic heterocycles. The highest BCUT2D eigenvalue weighted by Gasteiger charge is 2.25.